The molecule has 0 amide bonds. The molecule has 3 aliphatic rings. The number of nitrogens with zero attached hydrogens (tertiary/aromatic N) is 3. The Kier molecular flexibility index (Phi) is 4.09. The number of rotatable bonds is 2. The lowest BCUT2D eigenvalue weighted by Crippen LogP contribution is -2.32. The summed E-state index contributed by atoms with van der Waals surface area (Å²) in [6.45, 7) is 3.19. The van der Waals surface area contributed by atoms with Crippen molar-refractivity contribution in [1.82, 2.24) is 14.5 Å². The largest absolute Gasteiger partial charge is 0.454 e. The molecule has 154 valence electrons. The third-order valence-corrected chi connectivity index (χ3v) is 6.78. The zero-order valence-corrected chi connectivity index (χ0v) is 17.0. The molecular formula is C24H25N3O3. The normalized spacial score (nSPS) is 24.4. The zero-order chi connectivity index (χ0) is 20.2. The number of aliphatic hydroxyl groups is 1. The van der Waals surface area contributed by atoms with Gasteiger partial charge in [-0.1, -0.05) is 6.07 Å². The van der Waals surface area contributed by atoms with Crippen LogP contribution in [0.25, 0.3) is 22.6 Å². The summed E-state index contributed by atoms with van der Waals surface area (Å²) in [7, 11) is 0. The van der Waals surface area contributed by atoms with E-state index < -0.39 is 0 Å². The fourth-order valence-electron chi connectivity index (χ4n) is 5.36. The molecule has 6 rings (SSSR count). The van der Waals surface area contributed by atoms with E-state index in [0.717, 1.165) is 77.9 Å². The van der Waals surface area contributed by atoms with Gasteiger partial charge in [0.15, 0.2) is 11.5 Å². The summed E-state index contributed by atoms with van der Waals surface area (Å²) in [5.74, 6) is 3.61. The van der Waals surface area contributed by atoms with Gasteiger partial charge in [0.2, 0.25) is 6.79 Å². The summed E-state index contributed by atoms with van der Waals surface area (Å²) in [5.41, 5.74) is 4.99. The SMILES string of the molecule is Cc1cccc(-c2nc3n(c2-c2ccc4c(c2)OCO4)CC[C@H]2C[C@@H](O)CC[C@H]32)n1. The van der Waals surface area contributed by atoms with Crippen molar-refractivity contribution in [1.29, 1.82) is 0 Å². The average Bonchev–Trinajstić information content (AvgIpc) is 3.37. The highest BCUT2D eigenvalue weighted by molar-refractivity contribution is 5.79. The maximum absolute atomic E-state index is 10.2. The molecule has 6 heteroatoms. The molecule has 3 aromatic rings. The molecule has 1 saturated carbocycles. The lowest BCUT2D eigenvalue weighted by Gasteiger charge is -2.38. The fourth-order valence-corrected chi connectivity index (χ4v) is 5.36. The third-order valence-electron chi connectivity index (χ3n) is 6.78. The molecule has 1 N–H and O–H groups in total. The van der Waals surface area contributed by atoms with E-state index in [1.165, 1.54) is 0 Å². The first-order valence-electron chi connectivity index (χ1n) is 10.8. The van der Waals surface area contributed by atoms with Gasteiger partial charge in [-0.05, 0) is 68.9 Å². The number of benzene rings is 1. The highest BCUT2D eigenvalue weighted by Crippen LogP contribution is 2.47. The van der Waals surface area contributed by atoms with E-state index >= 15 is 0 Å². The van der Waals surface area contributed by atoms with Crippen LogP contribution in [0.15, 0.2) is 36.4 Å². The van der Waals surface area contributed by atoms with Crippen molar-refractivity contribution in [2.24, 2.45) is 5.92 Å². The highest BCUT2D eigenvalue weighted by Gasteiger charge is 2.38. The minimum absolute atomic E-state index is 0.168. The number of aliphatic hydroxyl groups excluding tert-OH is 1. The molecule has 0 unspecified atom stereocenters. The van der Waals surface area contributed by atoms with Crippen LogP contribution in [0, 0.1) is 12.8 Å². The number of hydrogen-bond acceptors (Lipinski definition) is 5. The summed E-state index contributed by atoms with van der Waals surface area (Å²) in [5, 5.41) is 10.2. The summed E-state index contributed by atoms with van der Waals surface area (Å²) < 4.78 is 13.5. The Labute approximate surface area is 175 Å². The van der Waals surface area contributed by atoms with Crippen molar-refractivity contribution in [3.8, 4) is 34.1 Å². The van der Waals surface area contributed by atoms with Crippen LogP contribution < -0.4 is 9.47 Å². The molecular weight excluding hydrogens is 378 g/mol. The second-order valence-corrected chi connectivity index (χ2v) is 8.67. The molecule has 0 bridgehead atoms. The predicted molar refractivity (Wildman–Crippen MR) is 112 cm³/mol. The van der Waals surface area contributed by atoms with Gasteiger partial charge in [-0.2, -0.15) is 0 Å². The Balaban J connectivity index is 1.54. The third kappa shape index (κ3) is 2.82. The quantitative estimate of drug-likeness (QED) is 0.691. The summed E-state index contributed by atoms with van der Waals surface area (Å²) in [6.07, 6.45) is 3.63. The second-order valence-electron chi connectivity index (χ2n) is 8.67. The van der Waals surface area contributed by atoms with Crippen LogP contribution in [0.3, 0.4) is 0 Å². The Bertz CT molecular complexity index is 1120. The molecule has 0 saturated heterocycles. The number of hydrogen-bond donors (Lipinski definition) is 1. The van der Waals surface area contributed by atoms with E-state index in [9.17, 15) is 5.11 Å². The van der Waals surface area contributed by atoms with Crippen LogP contribution in [0.4, 0.5) is 0 Å². The van der Waals surface area contributed by atoms with E-state index in [1.807, 2.05) is 31.2 Å². The molecule has 1 fully saturated rings. The van der Waals surface area contributed by atoms with E-state index in [-0.39, 0.29) is 12.9 Å². The molecule has 0 spiro atoms. The number of imidazole rings is 1. The van der Waals surface area contributed by atoms with E-state index in [4.69, 9.17) is 19.4 Å². The van der Waals surface area contributed by atoms with Crippen LogP contribution >= 0.6 is 0 Å². The van der Waals surface area contributed by atoms with Crippen molar-refractivity contribution in [2.45, 2.75) is 51.2 Å². The van der Waals surface area contributed by atoms with Crippen LogP contribution in [-0.2, 0) is 6.54 Å². The smallest absolute Gasteiger partial charge is 0.231 e. The number of ether oxygens (including phenoxy) is 2. The van der Waals surface area contributed by atoms with Gasteiger partial charge in [0, 0.05) is 23.7 Å². The molecule has 2 aliphatic heterocycles. The molecule has 0 radical (unpaired) electrons. The van der Waals surface area contributed by atoms with Gasteiger partial charge < -0.3 is 19.1 Å². The monoisotopic (exact) mass is 403 g/mol. The van der Waals surface area contributed by atoms with Crippen molar-refractivity contribution in [3.05, 3.63) is 47.9 Å². The first-order valence-corrected chi connectivity index (χ1v) is 10.8. The standard InChI is InChI=1S/C24H25N3O3/c1-14-3-2-4-19(25-14)22-23(16-5-8-20-21(12-16)30-13-29-20)27-10-9-15-11-17(28)6-7-18(15)24(27)26-22/h2-5,8,12,15,17-18,28H,6-7,9-11,13H2,1H3/t15-,17-,18-/m0/s1. The van der Waals surface area contributed by atoms with Gasteiger partial charge >= 0.3 is 0 Å². The number of pyridine rings is 1. The first-order chi connectivity index (χ1) is 14.7. The van der Waals surface area contributed by atoms with E-state index in [1.54, 1.807) is 0 Å². The Hall–Kier alpha value is -2.86. The van der Waals surface area contributed by atoms with Gasteiger partial charge in [0.25, 0.3) is 0 Å². The lowest BCUT2D eigenvalue weighted by molar-refractivity contribution is 0.0750. The van der Waals surface area contributed by atoms with Gasteiger partial charge in [-0.15, -0.1) is 0 Å². The Morgan fingerprint density at radius 1 is 1.03 bits per heavy atom. The molecule has 1 aromatic carbocycles. The molecule has 6 nitrogen and oxygen atoms in total. The van der Waals surface area contributed by atoms with Crippen molar-refractivity contribution in [2.75, 3.05) is 6.79 Å². The lowest BCUT2D eigenvalue weighted by atomic mass is 9.74. The van der Waals surface area contributed by atoms with Crippen molar-refractivity contribution in [3.63, 3.8) is 0 Å². The van der Waals surface area contributed by atoms with E-state index in [0.29, 0.717) is 11.8 Å². The van der Waals surface area contributed by atoms with Gasteiger partial charge in [-0.3, -0.25) is 4.98 Å². The molecule has 30 heavy (non-hydrogen) atoms. The highest BCUT2D eigenvalue weighted by atomic mass is 16.7. The van der Waals surface area contributed by atoms with Crippen molar-refractivity contribution < 1.29 is 14.6 Å². The topological polar surface area (TPSA) is 69.4 Å². The Morgan fingerprint density at radius 2 is 1.93 bits per heavy atom. The maximum atomic E-state index is 10.2. The summed E-state index contributed by atoms with van der Waals surface area (Å²) in [4.78, 5) is 9.98. The van der Waals surface area contributed by atoms with Gasteiger partial charge in [-0.25, -0.2) is 4.98 Å². The Morgan fingerprint density at radius 3 is 2.83 bits per heavy atom. The van der Waals surface area contributed by atoms with Crippen molar-refractivity contribution >= 4 is 0 Å². The minimum atomic E-state index is -0.168. The van der Waals surface area contributed by atoms with Crippen LogP contribution in [0.5, 0.6) is 11.5 Å². The second kappa shape index (κ2) is 6.84. The maximum Gasteiger partial charge on any atom is 0.231 e. The van der Waals surface area contributed by atoms with Crippen LogP contribution in [0.1, 0.15) is 43.1 Å². The molecule has 1 aliphatic carbocycles. The number of fused-ring (bicyclic) bond motifs is 4. The zero-order valence-electron chi connectivity index (χ0n) is 17.0. The minimum Gasteiger partial charge on any atom is -0.454 e. The van der Waals surface area contributed by atoms with Gasteiger partial charge in [0.1, 0.15) is 11.5 Å². The predicted octanol–water partition coefficient (Wildman–Crippen LogP) is 4.30. The summed E-state index contributed by atoms with van der Waals surface area (Å²) in [6, 6.07) is 12.2. The number of aryl methyl sites for hydroxylation is 1. The van der Waals surface area contributed by atoms with Crippen LogP contribution in [-0.4, -0.2) is 32.5 Å². The van der Waals surface area contributed by atoms with E-state index in [2.05, 4.69) is 16.7 Å². The first kappa shape index (κ1) is 18.0. The molecule has 3 atom stereocenters. The summed E-state index contributed by atoms with van der Waals surface area (Å²) >= 11 is 0. The molecule has 4 heterocycles. The average molecular weight is 403 g/mol. The molecule has 2 aromatic heterocycles. The fraction of sp³-hybridized carbons (Fsp3) is 0.417. The number of aromatic nitrogens is 3. The van der Waals surface area contributed by atoms with Crippen LogP contribution in [0.2, 0.25) is 0 Å². The van der Waals surface area contributed by atoms with Gasteiger partial charge in [0.05, 0.1) is 17.5 Å².